The van der Waals surface area contributed by atoms with Crippen LogP contribution in [0.2, 0.25) is 48.9 Å². The van der Waals surface area contributed by atoms with Gasteiger partial charge in [0.25, 0.3) is 0 Å². The van der Waals surface area contributed by atoms with Crippen molar-refractivity contribution in [2.45, 2.75) is 97.3 Å². The van der Waals surface area contributed by atoms with Crippen molar-refractivity contribution in [2.75, 3.05) is 0 Å². The van der Waals surface area contributed by atoms with Gasteiger partial charge in [0.1, 0.15) is 0 Å². The van der Waals surface area contributed by atoms with E-state index in [-0.39, 0.29) is 0 Å². The molecule has 0 nitrogen and oxygen atoms in total. The molecule has 0 aromatic heterocycles. The summed E-state index contributed by atoms with van der Waals surface area (Å²) in [6.45, 7) is 28.6. The largest absolute Gasteiger partial charge is 0.0692 e. The second-order valence-corrected chi connectivity index (χ2v) is 21.0. The standard InChI is InChI=1S/C8H20Si.C7H18Si/c1-7-9(5,6)8(2,3)4;1-7(2,3)8(4,5)6/h7H2,1-6H3;1-6H3. The highest BCUT2D eigenvalue weighted by Crippen LogP contribution is 2.38. The molecule has 0 spiro atoms. The maximum Gasteiger partial charge on any atom is 0.0525 e. The third-order valence-corrected chi connectivity index (χ3v) is 15.5. The van der Waals surface area contributed by atoms with Crippen LogP contribution >= 0.6 is 0 Å². The van der Waals surface area contributed by atoms with Crippen LogP contribution in [0.4, 0.5) is 0 Å². The van der Waals surface area contributed by atoms with Crippen molar-refractivity contribution in [3.05, 3.63) is 0 Å². The molecule has 0 unspecified atom stereocenters. The molecular weight excluding hydrogens is 236 g/mol. The molecule has 0 heterocycles. The lowest BCUT2D eigenvalue weighted by Crippen LogP contribution is -2.35. The van der Waals surface area contributed by atoms with Crippen molar-refractivity contribution in [1.82, 2.24) is 0 Å². The third-order valence-electron chi connectivity index (χ3n) is 5.16. The average molecular weight is 275 g/mol. The van der Waals surface area contributed by atoms with Gasteiger partial charge >= 0.3 is 0 Å². The van der Waals surface area contributed by atoms with Gasteiger partial charge in [-0.2, -0.15) is 0 Å². The zero-order valence-electron chi connectivity index (χ0n) is 14.7. The van der Waals surface area contributed by atoms with E-state index in [1.54, 1.807) is 0 Å². The van der Waals surface area contributed by atoms with Gasteiger partial charge in [-0.3, -0.25) is 0 Å². The van der Waals surface area contributed by atoms with E-state index in [0.717, 1.165) is 0 Å². The summed E-state index contributed by atoms with van der Waals surface area (Å²) in [7, 11) is -1.74. The predicted molar refractivity (Wildman–Crippen MR) is 90.7 cm³/mol. The molecule has 106 valence electrons. The summed E-state index contributed by atoms with van der Waals surface area (Å²) >= 11 is 0. The average Bonchev–Trinajstić information content (AvgIpc) is 1.99. The van der Waals surface area contributed by atoms with Crippen LogP contribution < -0.4 is 0 Å². The van der Waals surface area contributed by atoms with Crippen LogP contribution in [0.5, 0.6) is 0 Å². The molecule has 0 fully saturated rings. The van der Waals surface area contributed by atoms with Crippen LogP contribution in [0.15, 0.2) is 0 Å². The van der Waals surface area contributed by atoms with Gasteiger partial charge in [-0.25, -0.2) is 0 Å². The molecule has 0 atom stereocenters. The number of rotatable bonds is 1. The fraction of sp³-hybridized carbons (Fsp3) is 1.00. The molecular formula is C15H38Si2. The summed E-state index contributed by atoms with van der Waals surface area (Å²) in [5.41, 5.74) is 0. The monoisotopic (exact) mass is 274 g/mol. The highest BCUT2D eigenvalue weighted by molar-refractivity contribution is 6.80. The molecule has 0 saturated heterocycles. The number of hydrogen-bond donors (Lipinski definition) is 0. The van der Waals surface area contributed by atoms with Gasteiger partial charge in [0.15, 0.2) is 0 Å². The maximum atomic E-state index is 2.47. The van der Waals surface area contributed by atoms with Gasteiger partial charge in [0.2, 0.25) is 0 Å². The molecule has 0 N–H and O–H groups in total. The molecule has 0 aliphatic heterocycles. The van der Waals surface area contributed by atoms with Gasteiger partial charge in [-0.05, 0) is 10.1 Å². The highest BCUT2D eigenvalue weighted by atomic mass is 28.3. The first-order valence-corrected chi connectivity index (χ1v) is 13.8. The maximum absolute atomic E-state index is 2.47. The van der Waals surface area contributed by atoms with Gasteiger partial charge < -0.3 is 0 Å². The van der Waals surface area contributed by atoms with E-state index in [1.807, 2.05) is 0 Å². The second kappa shape index (κ2) is 6.05. The predicted octanol–water partition coefficient (Wildman–Crippen LogP) is 6.64. The van der Waals surface area contributed by atoms with Crippen LogP contribution in [0.1, 0.15) is 48.5 Å². The lowest BCUT2D eigenvalue weighted by molar-refractivity contribution is 0.716. The molecule has 0 aromatic carbocycles. The Morgan fingerprint density at radius 1 is 0.647 bits per heavy atom. The Morgan fingerprint density at radius 3 is 0.882 bits per heavy atom. The van der Waals surface area contributed by atoms with Gasteiger partial charge in [-0.15, -0.1) is 0 Å². The SMILES string of the molecule is CC(C)(C)[Si](C)(C)C.CC[Si](C)(C)C(C)(C)C. The van der Waals surface area contributed by atoms with Crippen molar-refractivity contribution >= 4 is 16.1 Å². The second-order valence-electron chi connectivity index (χ2n) is 8.99. The first-order chi connectivity index (χ1) is 7.06. The van der Waals surface area contributed by atoms with Crippen molar-refractivity contribution in [3.8, 4) is 0 Å². The fourth-order valence-corrected chi connectivity index (χ4v) is 1.59. The Balaban J connectivity index is 0. The minimum Gasteiger partial charge on any atom is -0.0692 e. The topological polar surface area (TPSA) is 0 Å². The van der Waals surface area contributed by atoms with Gasteiger partial charge in [0, 0.05) is 8.07 Å². The first kappa shape index (κ1) is 19.8. The molecule has 0 saturated carbocycles. The lowest BCUT2D eigenvalue weighted by Gasteiger charge is -2.35. The third kappa shape index (κ3) is 7.45. The molecule has 0 rings (SSSR count). The minimum absolute atomic E-state index is 0.576. The molecule has 0 radical (unpaired) electrons. The van der Waals surface area contributed by atoms with Crippen molar-refractivity contribution in [1.29, 1.82) is 0 Å². The van der Waals surface area contributed by atoms with Crippen LogP contribution in [-0.2, 0) is 0 Å². The van der Waals surface area contributed by atoms with Crippen molar-refractivity contribution < 1.29 is 0 Å². The molecule has 17 heavy (non-hydrogen) atoms. The van der Waals surface area contributed by atoms with Crippen molar-refractivity contribution in [2.24, 2.45) is 0 Å². The lowest BCUT2D eigenvalue weighted by atomic mass is 10.2. The summed E-state index contributed by atoms with van der Waals surface area (Å²) < 4.78 is 0. The van der Waals surface area contributed by atoms with Crippen LogP contribution in [0.25, 0.3) is 0 Å². The van der Waals surface area contributed by atoms with Crippen molar-refractivity contribution in [3.63, 3.8) is 0 Å². The first-order valence-electron chi connectivity index (χ1n) is 7.06. The van der Waals surface area contributed by atoms with Gasteiger partial charge in [0.05, 0.1) is 8.07 Å². The summed E-state index contributed by atoms with van der Waals surface area (Å²) in [5, 5.41) is 1.16. The molecule has 2 heteroatoms. The Morgan fingerprint density at radius 2 is 0.882 bits per heavy atom. The molecule has 0 aliphatic carbocycles. The van der Waals surface area contributed by atoms with Crippen LogP contribution in [-0.4, -0.2) is 16.1 Å². The van der Waals surface area contributed by atoms with E-state index in [2.05, 4.69) is 81.2 Å². The van der Waals surface area contributed by atoms with E-state index >= 15 is 0 Å². The summed E-state index contributed by atoms with van der Waals surface area (Å²) in [5.74, 6) is 0. The van der Waals surface area contributed by atoms with E-state index in [9.17, 15) is 0 Å². The quantitative estimate of drug-likeness (QED) is 0.470. The normalized spacial score (nSPS) is 14.1. The van der Waals surface area contributed by atoms with E-state index in [0.29, 0.717) is 10.1 Å². The summed E-state index contributed by atoms with van der Waals surface area (Å²) in [4.78, 5) is 0. The van der Waals surface area contributed by atoms with E-state index in [4.69, 9.17) is 0 Å². The fourth-order valence-electron chi connectivity index (χ4n) is 0.530. The van der Waals surface area contributed by atoms with E-state index < -0.39 is 16.1 Å². The zero-order chi connectivity index (χ0) is 14.7. The Labute approximate surface area is 114 Å². The minimum atomic E-state index is -0.879. The van der Waals surface area contributed by atoms with Crippen LogP contribution in [0, 0.1) is 0 Å². The molecule has 0 aromatic rings. The highest BCUT2D eigenvalue weighted by Gasteiger charge is 2.32. The summed E-state index contributed by atoms with van der Waals surface area (Å²) in [6, 6.07) is 1.40. The molecule has 0 amide bonds. The Kier molecular flexibility index (Phi) is 7.04. The Bertz CT molecular complexity index is 197. The summed E-state index contributed by atoms with van der Waals surface area (Å²) in [6.07, 6.45) is 0. The van der Waals surface area contributed by atoms with E-state index in [1.165, 1.54) is 6.04 Å². The molecule has 0 aliphatic rings. The zero-order valence-corrected chi connectivity index (χ0v) is 16.7. The number of hydrogen-bond acceptors (Lipinski definition) is 0. The van der Waals surface area contributed by atoms with Gasteiger partial charge in [-0.1, -0.05) is 87.2 Å². The molecule has 0 bridgehead atoms. The Hall–Kier alpha value is 0.434. The smallest absolute Gasteiger partial charge is 0.0525 e. The van der Waals surface area contributed by atoms with Crippen LogP contribution in [0.3, 0.4) is 0 Å².